The van der Waals surface area contributed by atoms with Gasteiger partial charge < -0.3 is 15.5 Å². The Labute approximate surface area is 125 Å². The number of anilines is 1. The van der Waals surface area contributed by atoms with Crippen LogP contribution in [0.1, 0.15) is 16.1 Å². The minimum Gasteiger partial charge on any atom is -0.459 e. The fourth-order valence-corrected chi connectivity index (χ4v) is 2.01. The maximum atomic E-state index is 12.9. The van der Waals surface area contributed by atoms with Crippen LogP contribution in [0, 0.1) is 5.82 Å². The van der Waals surface area contributed by atoms with Crippen LogP contribution in [-0.2, 0) is 6.54 Å². The number of nitrogens with zero attached hydrogens (tertiary/aromatic N) is 2. The van der Waals surface area contributed by atoms with Crippen molar-refractivity contribution in [2.24, 2.45) is 5.73 Å². The van der Waals surface area contributed by atoms with Crippen LogP contribution >= 0.6 is 0 Å². The van der Waals surface area contributed by atoms with Crippen LogP contribution in [0.5, 0.6) is 0 Å². The quantitative estimate of drug-likeness (QED) is 0.774. The van der Waals surface area contributed by atoms with Crippen molar-refractivity contribution in [2.45, 2.75) is 6.54 Å². The number of benzene rings is 1. The molecule has 3 aromatic rings. The summed E-state index contributed by atoms with van der Waals surface area (Å²) in [5.41, 5.74) is 7.34. The number of aromatic nitrogens is 2. The Morgan fingerprint density at radius 2 is 2.09 bits per heavy atom. The van der Waals surface area contributed by atoms with Crippen molar-refractivity contribution in [1.82, 2.24) is 9.78 Å². The lowest BCUT2D eigenvalue weighted by atomic mass is 10.2. The Hall–Kier alpha value is -2.93. The molecule has 7 heteroatoms. The topological polar surface area (TPSA) is 86.1 Å². The van der Waals surface area contributed by atoms with Gasteiger partial charge in [0, 0.05) is 12.1 Å². The van der Waals surface area contributed by atoms with Gasteiger partial charge in [0.05, 0.1) is 30.0 Å². The van der Waals surface area contributed by atoms with Crippen LogP contribution in [0.25, 0.3) is 5.69 Å². The number of furan rings is 1. The molecular formula is C15H13FN4O2. The van der Waals surface area contributed by atoms with Gasteiger partial charge in [0.25, 0.3) is 5.91 Å². The van der Waals surface area contributed by atoms with Crippen LogP contribution in [0.2, 0.25) is 0 Å². The molecule has 0 radical (unpaired) electrons. The second-order valence-electron chi connectivity index (χ2n) is 4.58. The monoisotopic (exact) mass is 300 g/mol. The lowest BCUT2D eigenvalue weighted by Crippen LogP contribution is -2.13. The number of nitrogens with one attached hydrogen (secondary N) is 1. The fraction of sp³-hybridized carbons (Fsp3) is 0.0667. The molecule has 2 aromatic heterocycles. The Morgan fingerprint density at radius 1 is 1.32 bits per heavy atom. The van der Waals surface area contributed by atoms with Gasteiger partial charge in [-0.3, -0.25) is 4.79 Å². The summed E-state index contributed by atoms with van der Waals surface area (Å²) in [7, 11) is 0. The molecule has 22 heavy (non-hydrogen) atoms. The molecule has 1 amide bonds. The third-order valence-electron chi connectivity index (χ3n) is 3.10. The summed E-state index contributed by atoms with van der Waals surface area (Å²) in [5.74, 6) is -0.544. The van der Waals surface area contributed by atoms with E-state index in [0.29, 0.717) is 16.9 Å². The predicted octanol–water partition coefficient (Wildman–Crippen LogP) is 2.32. The third-order valence-corrected chi connectivity index (χ3v) is 3.10. The van der Waals surface area contributed by atoms with Crippen LogP contribution < -0.4 is 11.1 Å². The molecule has 1 aromatic carbocycles. The molecule has 0 aliphatic heterocycles. The normalized spacial score (nSPS) is 10.6. The SMILES string of the molecule is NCc1ccoc1C(=O)Nc1cnn(-c2ccc(F)cc2)c1. The molecule has 2 heterocycles. The second kappa shape index (κ2) is 5.82. The van der Waals surface area contributed by atoms with Crippen molar-refractivity contribution in [1.29, 1.82) is 0 Å². The standard InChI is InChI=1S/C15H13FN4O2/c16-11-1-3-13(4-2-11)20-9-12(8-18-20)19-15(21)14-10(7-17)5-6-22-14/h1-6,8-9H,7,17H2,(H,19,21). The van der Waals surface area contributed by atoms with Gasteiger partial charge in [-0.05, 0) is 30.3 Å². The highest BCUT2D eigenvalue weighted by Crippen LogP contribution is 2.15. The van der Waals surface area contributed by atoms with Crippen molar-refractivity contribution in [2.75, 3.05) is 5.32 Å². The molecule has 3 N–H and O–H groups in total. The van der Waals surface area contributed by atoms with Crippen LogP contribution in [0.15, 0.2) is 53.4 Å². The van der Waals surface area contributed by atoms with Gasteiger partial charge in [-0.15, -0.1) is 0 Å². The number of halogens is 1. The van der Waals surface area contributed by atoms with Crippen molar-refractivity contribution in [3.05, 3.63) is 66.1 Å². The first-order valence-corrected chi connectivity index (χ1v) is 6.56. The molecule has 0 aliphatic carbocycles. The van der Waals surface area contributed by atoms with Gasteiger partial charge >= 0.3 is 0 Å². The number of carbonyl (C=O) groups excluding carboxylic acids is 1. The molecule has 0 bridgehead atoms. The van der Waals surface area contributed by atoms with Crippen molar-refractivity contribution < 1.29 is 13.6 Å². The molecule has 0 fully saturated rings. The molecule has 3 rings (SSSR count). The lowest BCUT2D eigenvalue weighted by Gasteiger charge is -2.02. The number of nitrogens with two attached hydrogens (primary N) is 1. The Balaban J connectivity index is 1.77. The summed E-state index contributed by atoms with van der Waals surface area (Å²) < 4.78 is 19.6. The highest BCUT2D eigenvalue weighted by Gasteiger charge is 2.15. The summed E-state index contributed by atoms with van der Waals surface area (Å²) >= 11 is 0. The van der Waals surface area contributed by atoms with Crippen LogP contribution in [0.4, 0.5) is 10.1 Å². The number of amides is 1. The average Bonchev–Trinajstić information content (AvgIpc) is 3.16. The van der Waals surface area contributed by atoms with Gasteiger partial charge in [0.15, 0.2) is 5.76 Å². The Bertz CT molecular complexity index is 792. The number of rotatable bonds is 4. The first-order valence-electron chi connectivity index (χ1n) is 6.56. The van der Waals surface area contributed by atoms with Gasteiger partial charge in [0.1, 0.15) is 5.82 Å². The maximum Gasteiger partial charge on any atom is 0.291 e. The summed E-state index contributed by atoms with van der Waals surface area (Å²) in [5, 5.41) is 6.79. The van der Waals surface area contributed by atoms with Crippen LogP contribution in [-0.4, -0.2) is 15.7 Å². The summed E-state index contributed by atoms with van der Waals surface area (Å²) in [4.78, 5) is 12.1. The van der Waals surface area contributed by atoms with Crippen molar-refractivity contribution in [3.8, 4) is 5.69 Å². The number of carbonyl (C=O) groups is 1. The molecule has 112 valence electrons. The summed E-state index contributed by atoms with van der Waals surface area (Å²) in [6.45, 7) is 0.216. The lowest BCUT2D eigenvalue weighted by molar-refractivity contribution is 0.0995. The highest BCUT2D eigenvalue weighted by atomic mass is 19.1. The van der Waals surface area contributed by atoms with E-state index in [9.17, 15) is 9.18 Å². The molecule has 6 nitrogen and oxygen atoms in total. The van der Waals surface area contributed by atoms with E-state index >= 15 is 0 Å². The fourth-order valence-electron chi connectivity index (χ4n) is 2.01. The third kappa shape index (κ3) is 2.75. The summed E-state index contributed by atoms with van der Waals surface area (Å²) in [6, 6.07) is 7.51. The predicted molar refractivity (Wildman–Crippen MR) is 78.1 cm³/mol. The Morgan fingerprint density at radius 3 is 2.82 bits per heavy atom. The van der Waals surface area contributed by atoms with E-state index < -0.39 is 5.91 Å². The van der Waals surface area contributed by atoms with Gasteiger partial charge in [0.2, 0.25) is 0 Å². The maximum absolute atomic E-state index is 12.9. The minimum atomic E-state index is -0.399. The van der Waals surface area contributed by atoms with E-state index in [1.165, 1.54) is 29.3 Å². The smallest absolute Gasteiger partial charge is 0.291 e. The van der Waals surface area contributed by atoms with E-state index in [-0.39, 0.29) is 18.1 Å². The molecule has 0 aliphatic rings. The van der Waals surface area contributed by atoms with E-state index in [2.05, 4.69) is 10.4 Å². The van der Waals surface area contributed by atoms with E-state index in [1.54, 1.807) is 24.4 Å². The molecule has 0 unspecified atom stereocenters. The molecular weight excluding hydrogens is 287 g/mol. The van der Waals surface area contributed by atoms with E-state index in [4.69, 9.17) is 10.2 Å². The van der Waals surface area contributed by atoms with E-state index in [0.717, 1.165) is 0 Å². The zero-order valence-electron chi connectivity index (χ0n) is 11.5. The minimum absolute atomic E-state index is 0.178. The van der Waals surface area contributed by atoms with E-state index in [1.807, 2.05) is 0 Å². The largest absolute Gasteiger partial charge is 0.459 e. The molecule has 0 saturated heterocycles. The molecule has 0 spiro atoms. The highest BCUT2D eigenvalue weighted by molar-refractivity contribution is 6.03. The Kier molecular flexibility index (Phi) is 3.71. The zero-order valence-corrected chi connectivity index (χ0v) is 11.5. The average molecular weight is 300 g/mol. The first kappa shape index (κ1) is 14.0. The van der Waals surface area contributed by atoms with Crippen molar-refractivity contribution >= 4 is 11.6 Å². The van der Waals surface area contributed by atoms with Crippen molar-refractivity contribution in [3.63, 3.8) is 0 Å². The second-order valence-corrected chi connectivity index (χ2v) is 4.58. The van der Waals surface area contributed by atoms with Gasteiger partial charge in [-0.2, -0.15) is 5.10 Å². The van der Waals surface area contributed by atoms with Gasteiger partial charge in [-0.25, -0.2) is 9.07 Å². The summed E-state index contributed by atoms with van der Waals surface area (Å²) in [6.07, 6.45) is 4.53. The number of hydrogen-bond donors (Lipinski definition) is 2. The molecule has 0 atom stereocenters. The zero-order chi connectivity index (χ0) is 15.5. The van der Waals surface area contributed by atoms with Crippen LogP contribution in [0.3, 0.4) is 0 Å². The number of hydrogen-bond acceptors (Lipinski definition) is 4. The molecule has 0 saturated carbocycles. The first-order chi connectivity index (χ1) is 10.7. The van der Waals surface area contributed by atoms with Gasteiger partial charge in [-0.1, -0.05) is 0 Å².